The van der Waals surface area contributed by atoms with Gasteiger partial charge in [0.1, 0.15) is 0 Å². The molecular weight excluding hydrogens is 212 g/mol. The van der Waals surface area contributed by atoms with Crippen molar-refractivity contribution in [2.75, 3.05) is 0 Å². The Bertz CT molecular complexity index is 131. The van der Waals surface area contributed by atoms with Crippen molar-refractivity contribution in [2.45, 2.75) is 11.0 Å². The first-order chi connectivity index (χ1) is 3.67. The first-order valence-corrected chi connectivity index (χ1v) is 19.7. The fourth-order valence-corrected chi connectivity index (χ4v) is 3.68. The predicted molar refractivity (Wildman–Crippen MR) is 40.9 cm³/mol. The van der Waals surface area contributed by atoms with Crippen LogP contribution in [0.2, 0.25) is 11.0 Å². The zero-order valence-corrected chi connectivity index (χ0v) is 10.2. The van der Waals surface area contributed by atoms with Crippen molar-refractivity contribution in [3.8, 4) is 0 Å². The summed E-state index contributed by atoms with van der Waals surface area (Å²) in [5.41, 5.74) is 3.52. The van der Waals surface area contributed by atoms with Crippen LogP contribution in [0.1, 0.15) is 0 Å². The molecule has 0 heterocycles. The van der Waals surface area contributed by atoms with E-state index in [2.05, 4.69) is 25.3 Å². The minimum atomic E-state index is -3.49. The summed E-state index contributed by atoms with van der Waals surface area (Å²) in [6, 6.07) is 0. The number of hydrogen-bond acceptors (Lipinski definition) is 3. The van der Waals surface area contributed by atoms with E-state index in [1.165, 1.54) is 0 Å². The zero-order chi connectivity index (χ0) is 7.73. The zero-order valence-electron chi connectivity index (χ0n) is 5.46. The first kappa shape index (κ1) is 9.59. The molecule has 0 saturated carbocycles. The number of nitrogens with one attached hydrogen (secondary N) is 1. The number of carbonyl (C=O) groups is 1. The normalized spacial score (nSPS) is 13.0. The van der Waals surface area contributed by atoms with Crippen LogP contribution >= 0.6 is 21.2 Å². The summed E-state index contributed by atoms with van der Waals surface area (Å²) in [7, 11) is 8.28. The Hall–Kier alpha value is 0.593. The molecule has 0 fully saturated rings. The van der Waals surface area contributed by atoms with Crippen LogP contribution in [0.5, 0.6) is 0 Å². The third-order valence-electron chi connectivity index (χ3n) is 0.663. The van der Waals surface area contributed by atoms with Crippen LogP contribution in [0.25, 0.3) is 0 Å². The molecule has 6 heteroatoms. The Kier molecular flexibility index (Phi) is 2.48. The summed E-state index contributed by atoms with van der Waals surface area (Å²) in [6.07, 6.45) is -1.04. The van der Waals surface area contributed by atoms with Gasteiger partial charge in [0.15, 0.2) is 0 Å². The predicted octanol–water partition coefficient (Wildman–Crippen LogP) is 1.64. The van der Waals surface area contributed by atoms with E-state index < -0.39 is 17.5 Å². The second-order valence-electron chi connectivity index (χ2n) is 3.62. The molecule has 0 atom stereocenters. The van der Waals surface area contributed by atoms with Gasteiger partial charge in [-0.05, 0) is 0 Å². The van der Waals surface area contributed by atoms with Gasteiger partial charge in [-0.3, -0.25) is 0 Å². The number of hydrogen-bond donors (Lipinski definition) is 4. The monoisotopic (exact) mass is 220 g/mol. The van der Waals surface area contributed by atoms with E-state index in [0.717, 1.165) is 0 Å². The number of rotatable bonds is 1. The van der Waals surface area contributed by atoms with Crippen molar-refractivity contribution in [2.24, 2.45) is 0 Å². The van der Waals surface area contributed by atoms with Crippen molar-refractivity contribution in [1.29, 1.82) is 0 Å². The van der Waals surface area contributed by atoms with Gasteiger partial charge >= 0.3 is 63.7 Å². The standard InChI is InChI=1S/CH2NO2.2CH3.2H2S.Zn/c2-1(3)4;;;;;/h2H,(H,3,4);2*1H3;2*1H2;/q-1;;;;;+3/p-2. The molecule has 0 saturated heterocycles. The van der Waals surface area contributed by atoms with Crippen LogP contribution in [0.15, 0.2) is 0 Å². The van der Waals surface area contributed by atoms with E-state index in [1.54, 1.807) is 11.0 Å². The average molecular weight is 222 g/mol. The molecule has 0 rings (SSSR count). The van der Waals surface area contributed by atoms with Crippen LogP contribution in [0.3, 0.4) is 0 Å². The molecule has 2 N–H and O–H groups in total. The molecule has 0 bridgehead atoms. The van der Waals surface area contributed by atoms with Gasteiger partial charge in [0.2, 0.25) is 0 Å². The summed E-state index contributed by atoms with van der Waals surface area (Å²) in [4.78, 5) is 10.1. The van der Waals surface area contributed by atoms with Gasteiger partial charge in [0.05, 0.1) is 0 Å². The fourth-order valence-electron chi connectivity index (χ4n) is 0.438. The van der Waals surface area contributed by atoms with Gasteiger partial charge in [0, 0.05) is 0 Å². The molecule has 9 heavy (non-hydrogen) atoms. The van der Waals surface area contributed by atoms with Gasteiger partial charge in [-0.1, -0.05) is 0 Å². The molecule has 0 aromatic heterocycles. The molecule has 53 valence electrons. The second kappa shape index (κ2) is 2.33. The van der Waals surface area contributed by atoms with E-state index in [0.29, 0.717) is 0 Å². The molecule has 0 aromatic rings. The Morgan fingerprint density at radius 1 is 1.56 bits per heavy atom. The maximum absolute atomic E-state index is 10.1. The van der Waals surface area contributed by atoms with Crippen LogP contribution in [-0.2, 0) is 11.4 Å². The van der Waals surface area contributed by atoms with Crippen LogP contribution in [0, 0.1) is 0 Å². The van der Waals surface area contributed by atoms with Crippen molar-refractivity contribution in [1.82, 2.24) is 4.06 Å². The maximum atomic E-state index is 10.1. The fraction of sp³-hybridized carbons (Fsp3) is 0.667. The van der Waals surface area contributed by atoms with Crippen molar-refractivity contribution < 1.29 is 21.3 Å². The Labute approximate surface area is 63.7 Å². The topological polar surface area (TPSA) is 49.3 Å². The molecule has 3 nitrogen and oxygen atoms in total. The van der Waals surface area contributed by atoms with Crippen molar-refractivity contribution in [3.63, 3.8) is 0 Å². The molecule has 0 aliphatic carbocycles. The molecule has 0 aromatic carbocycles. The van der Waals surface area contributed by atoms with Crippen molar-refractivity contribution in [3.05, 3.63) is 0 Å². The summed E-state index contributed by atoms with van der Waals surface area (Å²) in [5.74, 6) is 0. The summed E-state index contributed by atoms with van der Waals surface area (Å²) < 4.78 is 2.32. The van der Waals surface area contributed by atoms with Crippen LogP contribution in [0.4, 0.5) is 4.79 Å². The van der Waals surface area contributed by atoms with E-state index in [9.17, 15) is 4.79 Å². The summed E-state index contributed by atoms with van der Waals surface area (Å²) in [5, 5.41) is 8.26. The third-order valence-corrected chi connectivity index (χ3v) is 5.09. The van der Waals surface area contributed by atoms with Gasteiger partial charge < -0.3 is 0 Å². The van der Waals surface area contributed by atoms with E-state index in [-0.39, 0.29) is 0 Å². The molecule has 1 amide bonds. The molecular formula is C3H10NO2S2Zn. The van der Waals surface area contributed by atoms with Gasteiger partial charge in [0.25, 0.3) is 0 Å². The Morgan fingerprint density at radius 3 is 1.89 bits per heavy atom. The minimum absolute atomic E-state index is 1.04. The summed E-state index contributed by atoms with van der Waals surface area (Å²) >= 11 is -3.49. The number of carboxylic acid groups (broad SMARTS) is 1. The van der Waals surface area contributed by atoms with Gasteiger partial charge in [-0.15, -0.1) is 0 Å². The Balaban J connectivity index is 4.05. The number of amides is 1. The van der Waals surface area contributed by atoms with Gasteiger partial charge in [-0.2, -0.15) is 0 Å². The number of thiol groups is 2. The Morgan fingerprint density at radius 2 is 1.89 bits per heavy atom. The average Bonchev–Trinajstić information content (AvgIpc) is 1.16. The molecule has 0 aliphatic heterocycles. The van der Waals surface area contributed by atoms with Crippen LogP contribution in [-0.4, -0.2) is 11.2 Å². The molecule has 0 aliphatic rings. The molecule has 0 radical (unpaired) electrons. The molecule has 0 unspecified atom stereocenters. The second-order valence-corrected chi connectivity index (χ2v) is 39.8. The quantitative estimate of drug-likeness (QED) is 0.402. The summed E-state index contributed by atoms with van der Waals surface area (Å²) in [6.45, 7) is 0. The van der Waals surface area contributed by atoms with E-state index in [1.807, 2.05) is 0 Å². The first-order valence-electron chi connectivity index (χ1n) is 3.08. The third kappa shape index (κ3) is 8.59. The van der Waals surface area contributed by atoms with Gasteiger partial charge in [-0.25, -0.2) is 0 Å². The van der Waals surface area contributed by atoms with Crippen LogP contribution < -0.4 is 4.06 Å². The SMILES string of the molecule is [CH3][Zn]([CH3])([SH])([SH])[NH]C(=O)O. The molecule has 0 spiro atoms. The van der Waals surface area contributed by atoms with Crippen molar-refractivity contribution >= 4 is 27.3 Å². The van der Waals surface area contributed by atoms with E-state index in [4.69, 9.17) is 5.11 Å². The van der Waals surface area contributed by atoms with E-state index >= 15 is 0 Å².